The van der Waals surface area contributed by atoms with Gasteiger partial charge in [0.2, 0.25) is 0 Å². The third-order valence-corrected chi connectivity index (χ3v) is 4.20. The lowest BCUT2D eigenvalue weighted by atomic mass is 10.2. The maximum Gasteiger partial charge on any atom is 0.307 e. The number of halogens is 1. The molecule has 1 N–H and O–H groups in total. The summed E-state index contributed by atoms with van der Waals surface area (Å²) in [6.45, 7) is 3.76. The van der Waals surface area contributed by atoms with E-state index in [2.05, 4.69) is 10.4 Å². The molecule has 1 heterocycles. The van der Waals surface area contributed by atoms with Crippen LogP contribution >= 0.6 is 0 Å². The van der Waals surface area contributed by atoms with Crippen LogP contribution in [-0.2, 0) is 22.4 Å². The Bertz CT molecular complexity index is 812. The third kappa shape index (κ3) is 3.92. The van der Waals surface area contributed by atoms with Crippen LogP contribution in [0.4, 0.5) is 4.39 Å². The lowest BCUT2D eigenvalue weighted by Gasteiger charge is -2.08. The van der Waals surface area contributed by atoms with Crippen molar-refractivity contribution < 1.29 is 18.7 Å². The van der Waals surface area contributed by atoms with Gasteiger partial charge in [0.15, 0.2) is 5.69 Å². The highest BCUT2D eigenvalue weighted by atomic mass is 19.1. The predicted octanol–water partition coefficient (Wildman–Crippen LogP) is 2.57. The second kappa shape index (κ2) is 7.68. The third-order valence-electron chi connectivity index (χ3n) is 4.20. The number of benzene rings is 1. The van der Waals surface area contributed by atoms with Crippen molar-refractivity contribution in [3.63, 3.8) is 0 Å². The fourth-order valence-electron chi connectivity index (χ4n) is 3.10. The average Bonchev–Trinajstić information content (AvgIpc) is 3.17. The van der Waals surface area contributed by atoms with Crippen LogP contribution < -0.4 is 5.32 Å². The number of amides is 1. The van der Waals surface area contributed by atoms with Gasteiger partial charge in [0.25, 0.3) is 5.91 Å². The number of hydrogen-bond acceptors (Lipinski definition) is 4. The van der Waals surface area contributed by atoms with E-state index in [-0.39, 0.29) is 36.8 Å². The van der Waals surface area contributed by atoms with Gasteiger partial charge >= 0.3 is 5.97 Å². The van der Waals surface area contributed by atoms with Gasteiger partial charge in [-0.15, -0.1) is 0 Å². The molecule has 0 unspecified atom stereocenters. The topological polar surface area (TPSA) is 73.2 Å². The number of carbonyl (C=O) groups excluding carboxylic acids is 2. The minimum atomic E-state index is -0.345. The smallest absolute Gasteiger partial charge is 0.307 e. The van der Waals surface area contributed by atoms with Gasteiger partial charge in [-0.1, -0.05) is 0 Å². The first-order chi connectivity index (χ1) is 12.5. The van der Waals surface area contributed by atoms with Crippen molar-refractivity contribution in [1.29, 1.82) is 0 Å². The molecule has 0 radical (unpaired) electrons. The van der Waals surface area contributed by atoms with Crippen LogP contribution in [0, 0.1) is 5.82 Å². The zero-order chi connectivity index (χ0) is 18.7. The summed E-state index contributed by atoms with van der Waals surface area (Å²) in [6.07, 6.45) is 2.51. The summed E-state index contributed by atoms with van der Waals surface area (Å²) < 4.78 is 19.9. The van der Waals surface area contributed by atoms with E-state index < -0.39 is 0 Å². The molecule has 1 aliphatic carbocycles. The highest BCUT2D eigenvalue weighted by molar-refractivity contribution is 5.94. The van der Waals surface area contributed by atoms with Crippen LogP contribution in [-0.4, -0.2) is 34.3 Å². The van der Waals surface area contributed by atoms with Crippen molar-refractivity contribution in [2.45, 2.75) is 45.6 Å². The zero-order valence-electron chi connectivity index (χ0n) is 14.9. The Balaban J connectivity index is 1.72. The summed E-state index contributed by atoms with van der Waals surface area (Å²) in [5, 5.41) is 7.17. The average molecular weight is 359 g/mol. The normalized spacial score (nSPS) is 12.9. The Morgan fingerprint density at radius 2 is 2.00 bits per heavy atom. The molecule has 0 aliphatic heterocycles. The number of nitrogens with zero attached hydrogens (tertiary/aromatic N) is 2. The van der Waals surface area contributed by atoms with Gasteiger partial charge in [-0.05, 0) is 57.4 Å². The second-order valence-corrected chi connectivity index (χ2v) is 6.56. The Hall–Kier alpha value is -2.70. The lowest BCUT2D eigenvalue weighted by Crippen LogP contribution is -2.28. The molecule has 0 spiro atoms. The molecule has 7 heteroatoms. The van der Waals surface area contributed by atoms with E-state index in [0.717, 1.165) is 36.2 Å². The van der Waals surface area contributed by atoms with Gasteiger partial charge in [-0.3, -0.25) is 9.59 Å². The molecule has 1 aromatic heterocycles. The van der Waals surface area contributed by atoms with E-state index in [1.165, 1.54) is 12.1 Å². The summed E-state index contributed by atoms with van der Waals surface area (Å²) in [5.41, 5.74) is 3.01. The lowest BCUT2D eigenvalue weighted by molar-refractivity contribution is -0.147. The van der Waals surface area contributed by atoms with E-state index in [0.29, 0.717) is 5.69 Å². The van der Waals surface area contributed by atoms with Crippen LogP contribution in [0.1, 0.15) is 48.4 Å². The largest absolute Gasteiger partial charge is 0.463 e. The maximum absolute atomic E-state index is 13.2. The van der Waals surface area contributed by atoms with Crippen molar-refractivity contribution in [2.75, 3.05) is 6.54 Å². The second-order valence-electron chi connectivity index (χ2n) is 6.56. The van der Waals surface area contributed by atoms with Crippen LogP contribution in [0.15, 0.2) is 24.3 Å². The number of rotatable bonds is 6. The van der Waals surface area contributed by atoms with Crippen LogP contribution in [0.25, 0.3) is 5.69 Å². The summed E-state index contributed by atoms with van der Waals surface area (Å²) in [7, 11) is 0. The summed E-state index contributed by atoms with van der Waals surface area (Å²) in [4.78, 5) is 24.1. The molecule has 0 saturated carbocycles. The van der Waals surface area contributed by atoms with Crippen molar-refractivity contribution in [3.05, 3.63) is 47.0 Å². The first-order valence-electron chi connectivity index (χ1n) is 8.80. The first kappa shape index (κ1) is 18.1. The molecule has 6 nitrogen and oxygen atoms in total. The van der Waals surface area contributed by atoms with E-state index in [9.17, 15) is 14.0 Å². The van der Waals surface area contributed by atoms with E-state index in [4.69, 9.17) is 4.74 Å². The molecule has 0 atom stereocenters. The fourth-order valence-corrected chi connectivity index (χ4v) is 3.10. The van der Waals surface area contributed by atoms with Crippen molar-refractivity contribution >= 4 is 11.9 Å². The van der Waals surface area contributed by atoms with Gasteiger partial charge in [0.05, 0.1) is 18.2 Å². The highest BCUT2D eigenvalue weighted by Gasteiger charge is 2.26. The maximum atomic E-state index is 13.2. The number of hydrogen-bond donors (Lipinski definition) is 1. The van der Waals surface area contributed by atoms with E-state index in [1.807, 2.05) is 0 Å². The zero-order valence-corrected chi connectivity index (χ0v) is 14.9. The van der Waals surface area contributed by atoms with Gasteiger partial charge in [0.1, 0.15) is 5.82 Å². The molecular formula is C19H22FN3O3. The fraction of sp³-hybridized carbons (Fsp3) is 0.421. The van der Waals surface area contributed by atoms with Crippen LogP contribution in [0.2, 0.25) is 0 Å². The standard InChI is InChI=1S/C19H22FN3O3/c1-12(2)26-17(24)10-11-21-19(25)18-15-4-3-5-16(15)23(22-18)14-8-6-13(20)7-9-14/h6-9,12H,3-5,10-11H2,1-2H3,(H,21,25). The first-order valence-corrected chi connectivity index (χ1v) is 8.80. The molecular weight excluding hydrogens is 337 g/mol. The molecule has 1 amide bonds. The number of aromatic nitrogens is 2. The Kier molecular flexibility index (Phi) is 5.35. The number of nitrogens with one attached hydrogen (secondary N) is 1. The Morgan fingerprint density at radius 1 is 1.27 bits per heavy atom. The van der Waals surface area contributed by atoms with Crippen LogP contribution in [0.5, 0.6) is 0 Å². The quantitative estimate of drug-likeness (QED) is 0.805. The molecule has 0 saturated heterocycles. The van der Waals surface area contributed by atoms with Gasteiger partial charge in [-0.2, -0.15) is 5.10 Å². The van der Waals surface area contributed by atoms with Gasteiger partial charge < -0.3 is 10.1 Å². The number of fused-ring (bicyclic) bond motifs is 1. The summed E-state index contributed by atoms with van der Waals surface area (Å²) >= 11 is 0. The molecule has 2 aromatic rings. The van der Waals surface area contributed by atoms with Crippen molar-refractivity contribution in [3.8, 4) is 5.69 Å². The Labute approximate surface area is 151 Å². The number of ether oxygens (including phenoxy) is 1. The minimum absolute atomic E-state index is 0.116. The monoisotopic (exact) mass is 359 g/mol. The molecule has 138 valence electrons. The molecule has 26 heavy (non-hydrogen) atoms. The van der Waals surface area contributed by atoms with Gasteiger partial charge in [0, 0.05) is 17.8 Å². The van der Waals surface area contributed by atoms with E-state index in [1.54, 1.807) is 30.7 Å². The van der Waals surface area contributed by atoms with Crippen LogP contribution in [0.3, 0.4) is 0 Å². The number of esters is 1. The van der Waals surface area contributed by atoms with Crippen molar-refractivity contribution in [2.24, 2.45) is 0 Å². The van der Waals surface area contributed by atoms with E-state index >= 15 is 0 Å². The summed E-state index contributed by atoms with van der Waals surface area (Å²) in [5.74, 6) is -0.965. The highest BCUT2D eigenvalue weighted by Crippen LogP contribution is 2.27. The molecule has 3 rings (SSSR count). The Morgan fingerprint density at radius 3 is 2.69 bits per heavy atom. The SMILES string of the molecule is CC(C)OC(=O)CCNC(=O)c1nn(-c2ccc(F)cc2)c2c1CCC2. The van der Waals surface area contributed by atoms with Crippen molar-refractivity contribution in [1.82, 2.24) is 15.1 Å². The molecule has 0 fully saturated rings. The molecule has 1 aliphatic rings. The number of carbonyl (C=O) groups is 2. The summed E-state index contributed by atoms with van der Waals surface area (Å²) in [6, 6.07) is 6.03. The minimum Gasteiger partial charge on any atom is -0.463 e. The van der Waals surface area contributed by atoms with Gasteiger partial charge in [-0.25, -0.2) is 9.07 Å². The predicted molar refractivity (Wildman–Crippen MR) is 93.7 cm³/mol. The molecule has 1 aromatic carbocycles. The molecule has 0 bridgehead atoms.